The van der Waals surface area contributed by atoms with Crippen LogP contribution in [0.5, 0.6) is 0 Å². The van der Waals surface area contributed by atoms with Crippen LogP contribution >= 0.6 is 0 Å². The molecule has 0 aliphatic heterocycles. The van der Waals surface area contributed by atoms with Crippen LogP contribution in [-0.4, -0.2) is 4.57 Å². The van der Waals surface area contributed by atoms with Crippen LogP contribution in [0.25, 0.3) is 0 Å². The van der Waals surface area contributed by atoms with Gasteiger partial charge >= 0.3 is 0 Å². The third-order valence-electron chi connectivity index (χ3n) is 3.08. The smallest absolute Gasteiger partial charge is 0.273 e. The summed E-state index contributed by atoms with van der Waals surface area (Å²) in [6.07, 6.45) is 3.71. The van der Waals surface area contributed by atoms with Crippen LogP contribution in [0.15, 0.2) is 16.9 Å². The summed E-state index contributed by atoms with van der Waals surface area (Å²) in [6, 6.07) is 3.74. The lowest BCUT2D eigenvalue weighted by atomic mass is 9.82. The van der Waals surface area contributed by atoms with E-state index >= 15 is 0 Å². The zero-order valence-corrected chi connectivity index (χ0v) is 8.49. The molecule has 14 heavy (non-hydrogen) atoms. The summed E-state index contributed by atoms with van der Waals surface area (Å²) >= 11 is 0. The second-order valence-corrected chi connectivity index (χ2v) is 3.89. The summed E-state index contributed by atoms with van der Waals surface area (Å²) < 4.78 is 1.80. The van der Waals surface area contributed by atoms with E-state index in [4.69, 9.17) is 5.73 Å². The summed E-state index contributed by atoms with van der Waals surface area (Å²) in [5, 5.41) is 0. The van der Waals surface area contributed by atoms with Crippen molar-refractivity contribution in [3.8, 4) is 0 Å². The standard InChI is InChI=1S/C11H16N2O/c1-2-13-10(8-4-3-5-8)7-6-9(12)11(13)14/h6-8H,2-5,12H2,1H3. The summed E-state index contributed by atoms with van der Waals surface area (Å²) in [5.74, 6) is 0.586. The van der Waals surface area contributed by atoms with Crippen LogP contribution in [-0.2, 0) is 6.54 Å². The van der Waals surface area contributed by atoms with Gasteiger partial charge in [-0.05, 0) is 37.8 Å². The van der Waals surface area contributed by atoms with Crippen molar-refractivity contribution in [1.82, 2.24) is 4.57 Å². The second kappa shape index (κ2) is 3.48. The molecule has 0 bridgehead atoms. The molecule has 2 rings (SSSR count). The highest BCUT2D eigenvalue weighted by atomic mass is 16.1. The predicted octanol–water partition coefficient (Wildman–Crippen LogP) is 1.72. The molecule has 0 amide bonds. The summed E-state index contributed by atoms with van der Waals surface area (Å²) in [5.41, 5.74) is 7.08. The molecule has 1 heterocycles. The molecule has 3 heteroatoms. The zero-order chi connectivity index (χ0) is 10.1. The molecular weight excluding hydrogens is 176 g/mol. The molecule has 1 aliphatic carbocycles. The molecule has 1 fully saturated rings. The van der Waals surface area contributed by atoms with E-state index in [2.05, 4.69) is 0 Å². The SMILES string of the molecule is CCn1c(C2CCC2)ccc(N)c1=O. The maximum Gasteiger partial charge on any atom is 0.273 e. The fourth-order valence-electron chi connectivity index (χ4n) is 2.00. The molecule has 1 aromatic rings. The number of anilines is 1. The van der Waals surface area contributed by atoms with Gasteiger partial charge in [0.05, 0.1) is 5.69 Å². The largest absolute Gasteiger partial charge is 0.394 e. The van der Waals surface area contributed by atoms with Crippen molar-refractivity contribution in [3.63, 3.8) is 0 Å². The van der Waals surface area contributed by atoms with E-state index in [0.29, 0.717) is 11.6 Å². The predicted molar refractivity (Wildman–Crippen MR) is 57.4 cm³/mol. The Morgan fingerprint density at radius 3 is 2.71 bits per heavy atom. The number of nitrogens with zero attached hydrogens (tertiary/aromatic N) is 1. The summed E-state index contributed by atoms with van der Waals surface area (Å²) in [7, 11) is 0. The minimum atomic E-state index is -0.0306. The summed E-state index contributed by atoms with van der Waals surface area (Å²) in [6.45, 7) is 2.71. The topological polar surface area (TPSA) is 48.0 Å². The Kier molecular flexibility index (Phi) is 2.32. The van der Waals surface area contributed by atoms with Gasteiger partial charge in [-0.3, -0.25) is 4.79 Å². The number of nitrogen functional groups attached to an aromatic ring is 1. The van der Waals surface area contributed by atoms with E-state index in [1.54, 1.807) is 10.6 Å². The van der Waals surface area contributed by atoms with Crippen molar-refractivity contribution >= 4 is 5.69 Å². The Morgan fingerprint density at radius 2 is 2.21 bits per heavy atom. The highest BCUT2D eigenvalue weighted by Gasteiger charge is 2.22. The van der Waals surface area contributed by atoms with Crippen LogP contribution in [0.4, 0.5) is 5.69 Å². The molecule has 0 unspecified atom stereocenters. The van der Waals surface area contributed by atoms with Crippen molar-refractivity contribution in [2.45, 2.75) is 38.6 Å². The lowest BCUT2D eigenvalue weighted by Crippen LogP contribution is -2.28. The van der Waals surface area contributed by atoms with Crippen LogP contribution in [0, 0.1) is 0 Å². The molecule has 76 valence electrons. The molecule has 0 aromatic carbocycles. The Morgan fingerprint density at radius 1 is 1.50 bits per heavy atom. The van der Waals surface area contributed by atoms with Crippen molar-refractivity contribution in [2.24, 2.45) is 0 Å². The fraction of sp³-hybridized carbons (Fsp3) is 0.545. The van der Waals surface area contributed by atoms with Crippen LogP contribution < -0.4 is 11.3 Å². The number of rotatable bonds is 2. The average molecular weight is 192 g/mol. The van der Waals surface area contributed by atoms with Crippen molar-refractivity contribution in [2.75, 3.05) is 5.73 Å². The molecule has 1 aliphatic rings. The first-order chi connectivity index (χ1) is 6.74. The van der Waals surface area contributed by atoms with Crippen molar-refractivity contribution in [3.05, 3.63) is 28.2 Å². The lowest BCUT2D eigenvalue weighted by Gasteiger charge is -2.28. The highest BCUT2D eigenvalue weighted by Crippen LogP contribution is 2.35. The number of aromatic nitrogens is 1. The quantitative estimate of drug-likeness (QED) is 0.775. The zero-order valence-electron chi connectivity index (χ0n) is 8.49. The van der Waals surface area contributed by atoms with E-state index in [9.17, 15) is 4.79 Å². The van der Waals surface area contributed by atoms with Crippen LogP contribution in [0.1, 0.15) is 37.8 Å². The highest BCUT2D eigenvalue weighted by molar-refractivity contribution is 5.36. The van der Waals surface area contributed by atoms with Gasteiger partial charge in [0.2, 0.25) is 0 Å². The first-order valence-corrected chi connectivity index (χ1v) is 5.23. The molecule has 0 radical (unpaired) electrons. The molecule has 3 nitrogen and oxygen atoms in total. The maximum atomic E-state index is 11.7. The van der Waals surface area contributed by atoms with Crippen molar-refractivity contribution in [1.29, 1.82) is 0 Å². The van der Waals surface area contributed by atoms with E-state index < -0.39 is 0 Å². The van der Waals surface area contributed by atoms with Gasteiger partial charge in [-0.2, -0.15) is 0 Å². The van der Waals surface area contributed by atoms with E-state index in [-0.39, 0.29) is 5.56 Å². The Hall–Kier alpha value is -1.25. The first kappa shape index (κ1) is 9.31. The monoisotopic (exact) mass is 192 g/mol. The lowest BCUT2D eigenvalue weighted by molar-refractivity contribution is 0.393. The van der Waals surface area contributed by atoms with Gasteiger partial charge in [0.15, 0.2) is 0 Å². The molecule has 2 N–H and O–H groups in total. The number of hydrogen-bond donors (Lipinski definition) is 1. The van der Waals surface area contributed by atoms with Gasteiger partial charge < -0.3 is 10.3 Å². The van der Waals surface area contributed by atoms with Crippen molar-refractivity contribution < 1.29 is 0 Å². The Labute approximate surface area is 83.5 Å². The second-order valence-electron chi connectivity index (χ2n) is 3.89. The molecular formula is C11H16N2O. The molecule has 1 aromatic heterocycles. The van der Waals surface area contributed by atoms with E-state index in [1.807, 2.05) is 13.0 Å². The third-order valence-corrected chi connectivity index (χ3v) is 3.08. The number of pyridine rings is 1. The van der Waals surface area contributed by atoms with Crippen LogP contribution in [0.2, 0.25) is 0 Å². The Balaban J connectivity index is 2.48. The van der Waals surface area contributed by atoms with Gasteiger partial charge in [-0.15, -0.1) is 0 Å². The van der Waals surface area contributed by atoms with Gasteiger partial charge in [-0.25, -0.2) is 0 Å². The van der Waals surface area contributed by atoms with Gasteiger partial charge in [0.25, 0.3) is 5.56 Å². The van der Waals surface area contributed by atoms with Crippen LogP contribution in [0.3, 0.4) is 0 Å². The normalized spacial score (nSPS) is 16.6. The molecule has 0 saturated heterocycles. The fourth-order valence-corrected chi connectivity index (χ4v) is 2.00. The van der Waals surface area contributed by atoms with E-state index in [1.165, 1.54) is 19.3 Å². The maximum absolute atomic E-state index is 11.7. The Bertz CT molecular complexity index is 391. The molecule has 0 spiro atoms. The summed E-state index contributed by atoms with van der Waals surface area (Å²) in [4.78, 5) is 11.7. The average Bonchev–Trinajstić information content (AvgIpc) is 2.09. The number of nitrogens with two attached hydrogens (primary N) is 1. The van der Waals surface area contributed by atoms with Gasteiger partial charge in [0, 0.05) is 12.2 Å². The minimum Gasteiger partial charge on any atom is -0.394 e. The van der Waals surface area contributed by atoms with Gasteiger partial charge in [-0.1, -0.05) is 6.42 Å². The minimum absolute atomic E-state index is 0.0306. The first-order valence-electron chi connectivity index (χ1n) is 5.23. The third kappa shape index (κ3) is 1.33. The van der Waals surface area contributed by atoms with Gasteiger partial charge in [0.1, 0.15) is 0 Å². The molecule has 1 saturated carbocycles. The van der Waals surface area contributed by atoms with E-state index in [0.717, 1.165) is 12.2 Å². The number of hydrogen-bond acceptors (Lipinski definition) is 2. The molecule has 0 atom stereocenters.